The van der Waals surface area contributed by atoms with E-state index in [0.717, 1.165) is 5.69 Å². The molecule has 0 fully saturated rings. The lowest BCUT2D eigenvalue weighted by atomic mass is 10.1. The number of para-hydroxylation sites is 1. The van der Waals surface area contributed by atoms with Crippen molar-refractivity contribution < 1.29 is 8.78 Å². The molecule has 0 atom stereocenters. The van der Waals surface area contributed by atoms with Gasteiger partial charge in [0, 0.05) is 23.4 Å². The number of benzene rings is 1. The molecule has 1 N–H and O–H groups in total. The van der Waals surface area contributed by atoms with Gasteiger partial charge in [-0.1, -0.05) is 18.2 Å². The lowest BCUT2D eigenvalue weighted by molar-refractivity contribution is 0.425. The van der Waals surface area contributed by atoms with Crippen molar-refractivity contribution in [2.45, 2.75) is 0 Å². The molecule has 62 valence electrons. The Labute approximate surface area is 68.7 Å². The van der Waals surface area contributed by atoms with Crippen molar-refractivity contribution in [2.24, 2.45) is 0 Å². The van der Waals surface area contributed by atoms with Crippen molar-refractivity contribution in [3.63, 3.8) is 0 Å². The largest absolute Gasteiger partial charge is 0.380 e. The van der Waals surface area contributed by atoms with Crippen LogP contribution in [0, 0.1) is 0 Å². The Morgan fingerprint density at radius 3 is 2.75 bits per heavy atom. The summed E-state index contributed by atoms with van der Waals surface area (Å²) in [6.45, 7) is 0.238. The summed E-state index contributed by atoms with van der Waals surface area (Å²) in [5.74, 6) is 0. The van der Waals surface area contributed by atoms with Crippen molar-refractivity contribution in [3.05, 3.63) is 35.9 Å². The molecule has 0 unspecified atom stereocenters. The smallest absolute Gasteiger partial charge is 0.275 e. The fourth-order valence-electron chi connectivity index (χ4n) is 1.35. The summed E-state index contributed by atoms with van der Waals surface area (Å²) in [7, 11) is 0. The Morgan fingerprint density at radius 2 is 2.00 bits per heavy atom. The van der Waals surface area contributed by atoms with E-state index in [1.807, 2.05) is 6.07 Å². The van der Waals surface area contributed by atoms with Gasteiger partial charge in [-0.2, -0.15) is 8.78 Å². The first-order chi connectivity index (χ1) is 5.79. The molecule has 0 aromatic heterocycles. The summed E-state index contributed by atoms with van der Waals surface area (Å²) < 4.78 is 24.5. The van der Waals surface area contributed by atoms with E-state index < -0.39 is 6.08 Å². The van der Waals surface area contributed by atoms with Gasteiger partial charge >= 0.3 is 0 Å². The first-order valence-electron chi connectivity index (χ1n) is 3.66. The van der Waals surface area contributed by atoms with Gasteiger partial charge in [0.2, 0.25) is 0 Å². The van der Waals surface area contributed by atoms with Gasteiger partial charge in [0.1, 0.15) is 0 Å². The standard InChI is InChI=1S/C9H7F2N/c10-9(11)7-5-12-8-4-2-1-3-6(7)8/h1-4,12H,5H2. The Bertz CT molecular complexity index is 340. The number of rotatable bonds is 0. The molecule has 1 aliphatic heterocycles. The normalized spacial score (nSPS) is 14.0. The van der Waals surface area contributed by atoms with Crippen LogP contribution in [0.5, 0.6) is 0 Å². The maximum atomic E-state index is 12.3. The van der Waals surface area contributed by atoms with E-state index in [4.69, 9.17) is 0 Å². The van der Waals surface area contributed by atoms with Gasteiger partial charge in [0.25, 0.3) is 6.08 Å². The van der Waals surface area contributed by atoms with Gasteiger partial charge in [0.05, 0.1) is 0 Å². The van der Waals surface area contributed by atoms with Crippen LogP contribution < -0.4 is 5.32 Å². The maximum Gasteiger partial charge on any atom is 0.275 e. The average Bonchev–Trinajstić information content (AvgIpc) is 2.47. The number of nitrogens with one attached hydrogen (secondary N) is 1. The highest BCUT2D eigenvalue weighted by molar-refractivity contribution is 5.84. The van der Waals surface area contributed by atoms with E-state index in [0.29, 0.717) is 5.56 Å². The Morgan fingerprint density at radius 1 is 1.25 bits per heavy atom. The molecule has 0 amide bonds. The molecule has 0 spiro atoms. The minimum absolute atomic E-state index is 0.116. The first kappa shape index (κ1) is 7.28. The molecule has 0 saturated heterocycles. The summed E-state index contributed by atoms with van der Waals surface area (Å²) in [6, 6.07) is 7.08. The number of fused-ring (bicyclic) bond motifs is 1. The molecule has 1 aliphatic rings. The number of hydrogen-bond donors (Lipinski definition) is 1. The van der Waals surface area contributed by atoms with Gasteiger partial charge < -0.3 is 5.32 Å². The molecule has 2 rings (SSSR count). The fraction of sp³-hybridized carbons (Fsp3) is 0.111. The predicted octanol–water partition coefficient (Wildman–Crippen LogP) is 2.72. The molecule has 0 radical (unpaired) electrons. The van der Waals surface area contributed by atoms with Crippen LogP contribution in [0.1, 0.15) is 5.56 Å². The van der Waals surface area contributed by atoms with E-state index in [1.165, 1.54) is 0 Å². The molecule has 0 aliphatic carbocycles. The van der Waals surface area contributed by atoms with Gasteiger partial charge in [0.15, 0.2) is 0 Å². The second-order valence-corrected chi connectivity index (χ2v) is 2.64. The fourth-order valence-corrected chi connectivity index (χ4v) is 1.35. The van der Waals surface area contributed by atoms with Gasteiger partial charge in [-0.25, -0.2) is 0 Å². The van der Waals surface area contributed by atoms with Crippen LogP contribution in [0.2, 0.25) is 0 Å². The molecule has 3 heteroatoms. The van der Waals surface area contributed by atoms with Gasteiger partial charge in [-0.15, -0.1) is 0 Å². The van der Waals surface area contributed by atoms with E-state index in [2.05, 4.69) is 5.32 Å². The monoisotopic (exact) mass is 167 g/mol. The second-order valence-electron chi connectivity index (χ2n) is 2.64. The third kappa shape index (κ3) is 0.978. The molecule has 1 aromatic rings. The predicted molar refractivity (Wildman–Crippen MR) is 44.1 cm³/mol. The van der Waals surface area contributed by atoms with E-state index in [9.17, 15) is 8.78 Å². The zero-order valence-corrected chi connectivity index (χ0v) is 6.27. The second kappa shape index (κ2) is 2.59. The zero-order valence-electron chi connectivity index (χ0n) is 6.27. The minimum Gasteiger partial charge on any atom is -0.380 e. The summed E-state index contributed by atoms with van der Waals surface area (Å²) >= 11 is 0. The number of hydrogen-bond acceptors (Lipinski definition) is 1. The van der Waals surface area contributed by atoms with Gasteiger partial charge in [-0.3, -0.25) is 0 Å². The Kier molecular flexibility index (Phi) is 1.57. The van der Waals surface area contributed by atoms with Crippen molar-refractivity contribution in [1.29, 1.82) is 0 Å². The highest BCUT2D eigenvalue weighted by Gasteiger charge is 2.18. The Hall–Kier alpha value is -1.38. The number of anilines is 1. The molecule has 0 bridgehead atoms. The molecule has 1 heterocycles. The maximum absolute atomic E-state index is 12.3. The zero-order chi connectivity index (χ0) is 8.55. The highest BCUT2D eigenvalue weighted by Crippen LogP contribution is 2.32. The third-order valence-corrected chi connectivity index (χ3v) is 1.94. The van der Waals surface area contributed by atoms with Crippen molar-refractivity contribution in [2.75, 3.05) is 11.9 Å². The average molecular weight is 167 g/mol. The van der Waals surface area contributed by atoms with E-state index in [1.54, 1.807) is 18.2 Å². The molecule has 12 heavy (non-hydrogen) atoms. The van der Waals surface area contributed by atoms with Gasteiger partial charge in [-0.05, 0) is 6.07 Å². The van der Waals surface area contributed by atoms with Crippen LogP contribution in [0.15, 0.2) is 30.3 Å². The van der Waals surface area contributed by atoms with Crippen molar-refractivity contribution >= 4 is 11.3 Å². The van der Waals surface area contributed by atoms with Crippen molar-refractivity contribution in [1.82, 2.24) is 0 Å². The Balaban J connectivity index is 2.57. The highest BCUT2D eigenvalue weighted by atomic mass is 19.3. The third-order valence-electron chi connectivity index (χ3n) is 1.94. The summed E-state index contributed by atoms with van der Waals surface area (Å²) in [5, 5.41) is 2.89. The van der Waals surface area contributed by atoms with E-state index in [-0.39, 0.29) is 12.1 Å². The summed E-state index contributed by atoms with van der Waals surface area (Å²) in [5.41, 5.74) is 1.53. The molecular weight excluding hydrogens is 160 g/mol. The van der Waals surface area contributed by atoms with Crippen LogP contribution in [-0.4, -0.2) is 6.54 Å². The lowest BCUT2D eigenvalue weighted by Crippen LogP contribution is -1.91. The van der Waals surface area contributed by atoms with Crippen LogP contribution in [-0.2, 0) is 0 Å². The first-order valence-corrected chi connectivity index (χ1v) is 3.66. The lowest BCUT2D eigenvalue weighted by Gasteiger charge is -1.95. The van der Waals surface area contributed by atoms with Crippen LogP contribution >= 0.6 is 0 Å². The summed E-state index contributed by atoms with van der Waals surface area (Å²) in [6.07, 6.45) is -1.59. The SMILES string of the molecule is FC(F)=C1CNc2ccccc21. The van der Waals surface area contributed by atoms with Crippen LogP contribution in [0.3, 0.4) is 0 Å². The minimum atomic E-state index is -1.59. The molecule has 1 aromatic carbocycles. The van der Waals surface area contributed by atoms with Crippen LogP contribution in [0.4, 0.5) is 14.5 Å². The molecular formula is C9H7F2N. The molecule has 0 saturated carbocycles. The molecule has 1 nitrogen and oxygen atoms in total. The van der Waals surface area contributed by atoms with E-state index >= 15 is 0 Å². The van der Waals surface area contributed by atoms with Crippen LogP contribution in [0.25, 0.3) is 5.57 Å². The number of halogens is 2. The van der Waals surface area contributed by atoms with Crippen molar-refractivity contribution in [3.8, 4) is 0 Å². The topological polar surface area (TPSA) is 12.0 Å². The quantitative estimate of drug-likeness (QED) is 0.626. The summed E-state index contributed by atoms with van der Waals surface area (Å²) in [4.78, 5) is 0.